The van der Waals surface area contributed by atoms with Gasteiger partial charge in [0, 0.05) is 32.7 Å². The summed E-state index contributed by atoms with van der Waals surface area (Å²) >= 11 is 0. The molecule has 2 atom stereocenters. The lowest BCUT2D eigenvalue weighted by atomic mass is 10.1. The standard InChI is InChI=1S/C12H20N2O5/c1-8(5-11(16)17)13-12(18)9-6-10(15)14(7-9)3-4-19-2/h8-9H,3-7H2,1-2H3,(H,13,18)(H,16,17). The number of amides is 2. The Kier molecular flexibility index (Phi) is 5.75. The molecule has 7 heteroatoms. The van der Waals surface area contributed by atoms with Gasteiger partial charge in [-0.2, -0.15) is 0 Å². The summed E-state index contributed by atoms with van der Waals surface area (Å²) in [5.74, 6) is -1.69. The second-order valence-corrected chi connectivity index (χ2v) is 4.74. The lowest BCUT2D eigenvalue weighted by Crippen LogP contribution is -2.39. The van der Waals surface area contributed by atoms with Gasteiger partial charge in [0.1, 0.15) is 0 Å². The van der Waals surface area contributed by atoms with E-state index in [9.17, 15) is 14.4 Å². The topological polar surface area (TPSA) is 95.9 Å². The smallest absolute Gasteiger partial charge is 0.305 e. The molecule has 0 radical (unpaired) electrons. The molecule has 1 saturated heterocycles. The first kappa shape index (κ1) is 15.4. The van der Waals surface area contributed by atoms with E-state index < -0.39 is 17.9 Å². The summed E-state index contributed by atoms with van der Waals surface area (Å²) < 4.78 is 4.90. The van der Waals surface area contributed by atoms with Crippen molar-refractivity contribution in [3.8, 4) is 0 Å². The van der Waals surface area contributed by atoms with E-state index in [0.29, 0.717) is 19.7 Å². The highest BCUT2D eigenvalue weighted by Crippen LogP contribution is 2.17. The van der Waals surface area contributed by atoms with Crippen molar-refractivity contribution in [1.82, 2.24) is 10.2 Å². The molecule has 108 valence electrons. The maximum absolute atomic E-state index is 11.9. The Balaban J connectivity index is 2.42. The molecule has 1 aliphatic heterocycles. The molecule has 2 N–H and O–H groups in total. The van der Waals surface area contributed by atoms with Crippen molar-refractivity contribution in [1.29, 1.82) is 0 Å². The van der Waals surface area contributed by atoms with Crippen LogP contribution in [0.2, 0.25) is 0 Å². The molecule has 7 nitrogen and oxygen atoms in total. The Morgan fingerprint density at radius 3 is 2.84 bits per heavy atom. The number of ether oxygens (including phenoxy) is 1. The molecule has 2 unspecified atom stereocenters. The normalized spacial score (nSPS) is 20.4. The minimum atomic E-state index is -0.961. The molecule has 0 aromatic heterocycles. The number of methoxy groups -OCH3 is 1. The predicted molar refractivity (Wildman–Crippen MR) is 66.4 cm³/mol. The third kappa shape index (κ3) is 4.86. The number of nitrogens with zero attached hydrogens (tertiary/aromatic N) is 1. The summed E-state index contributed by atoms with van der Waals surface area (Å²) in [5.41, 5.74) is 0. The Morgan fingerprint density at radius 1 is 1.58 bits per heavy atom. The van der Waals surface area contributed by atoms with Gasteiger partial charge in [0.15, 0.2) is 0 Å². The van der Waals surface area contributed by atoms with Gasteiger partial charge in [0.25, 0.3) is 0 Å². The zero-order valence-electron chi connectivity index (χ0n) is 11.2. The average Bonchev–Trinajstić information content (AvgIpc) is 2.67. The number of likely N-dealkylation sites (tertiary alicyclic amines) is 1. The van der Waals surface area contributed by atoms with Crippen molar-refractivity contribution in [2.45, 2.75) is 25.8 Å². The summed E-state index contributed by atoms with van der Waals surface area (Å²) in [4.78, 5) is 35.6. The van der Waals surface area contributed by atoms with E-state index in [4.69, 9.17) is 9.84 Å². The number of carboxylic acid groups (broad SMARTS) is 1. The molecule has 1 fully saturated rings. The molecule has 0 spiro atoms. The van der Waals surface area contributed by atoms with Crippen LogP contribution in [-0.4, -0.2) is 60.6 Å². The molecule has 0 aliphatic carbocycles. The number of nitrogens with one attached hydrogen (secondary N) is 1. The Labute approximate surface area is 111 Å². The molecular weight excluding hydrogens is 252 g/mol. The lowest BCUT2D eigenvalue weighted by Gasteiger charge is -2.17. The quantitative estimate of drug-likeness (QED) is 0.649. The fourth-order valence-corrected chi connectivity index (χ4v) is 2.04. The third-order valence-corrected chi connectivity index (χ3v) is 3.02. The molecular formula is C12H20N2O5. The highest BCUT2D eigenvalue weighted by atomic mass is 16.5. The number of carbonyl (C=O) groups is 3. The third-order valence-electron chi connectivity index (χ3n) is 3.02. The van der Waals surface area contributed by atoms with Crippen LogP contribution in [0, 0.1) is 5.92 Å². The zero-order chi connectivity index (χ0) is 14.4. The van der Waals surface area contributed by atoms with Crippen LogP contribution in [0.5, 0.6) is 0 Å². The molecule has 1 aliphatic rings. The lowest BCUT2D eigenvalue weighted by molar-refractivity contribution is -0.137. The molecule has 0 aromatic rings. The van der Waals surface area contributed by atoms with Gasteiger partial charge >= 0.3 is 5.97 Å². The van der Waals surface area contributed by atoms with Gasteiger partial charge in [-0.05, 0) is 6.92 Å². The minimum absolute atomic E-state index is 0.0666. The van der Waals surface area contributed by atoms with Gasteiger partial charge in [-0.25, -0.2) is 0 Å². The van der Waals surface area contributed by atoms with E-state index in [1.807, 2.05) is 0 Å². The summed E-state index contributed by atoms with van der Waals surface area (Å²) in [6, 6.07) is -0.437. The first-order valence-electron chi connectivity index (χ1n) is 6.23. The maximum Gasteiger partial charge on any atom is 0.305 e. The van der Waals surface area contributed by atoms with E-state index in [1.165, 1.54) is 0 Å². The highest BCUT2D eigenvalue weighted by Gasteiger charge is 2.34. The second kappa shape index (κ2) is 7.08. The first-order chi connectivity index (χ1) is 8.93. The van der Waals surface area contributed by atoms with Crippen LogP contribution < -0.4 is 5.32 Å². The van der Waals surface area contributed by atoms with Gasteiger partial charge in [-0.15, -0.1) is 0 Å². The first-order valence-corrected chi connectivity index (χ1v) is 6.23. The maximum atomic E-state index is 11.9. The van der Waals surface area contributed by atoms with Gasteiger partial charge in [0.05, 0.1) is 18.9 Å². The van der Waals surface area contributed by atoms with Crippen LogP contribution in [-0.2, 0) is 19.1 Å². The van der Waals surface area contributed by atoms with E-state index in [0.717, 1.165) is 0 Å². The number of rotatable bonds is 7. The van der Waals surface area contributed by atoms with Gasteiger partial charge in [-0.3, -0.25) is 14.4 Å². The summed E-state index contributed by atoms with van der Waals surface area (Å²) in [7, 11) is 1.55. The summed E-state index contributed by atoms with van der Waals surface area (Å²) in [5, 5.41) is 11.2. The SMILES string of the molecule is COCCN1CC(C(=O)NC(C)CC(=O)O)CC1=O. The molecule has 0 bridgehead atoms. The van der Waals surface area contributed by atoms with Crippen molar-refractivity contribution in [2.75, 3.05) is 26.8 Å². The Morgan fingerprint density at radius 2 is 2.26 bits per heavy atom. The summed E-state index contributed by atoms with van der Waals surface area (Å²) in [6.07, 6.45) is 0.0507. The molecule has 0 saturated carbocycles. The van der Waals surface area contributed by atoms with Gasteiger partial charge in [0.2, 0.25) is 11.8 Å². The number of hydrogen-bond donors (Lipinski definition) is 2. The fraction of sp³-hybridized carbons (Fsp3) is 0.750. The number of carbonyl (C=O) groups excluding carboxylic acids is 2. The van der Waals surface area contributed by atoms with E-state index in [2.05, 4.69) is 5.32 Å². The van der Waals surface area contributed by atoms with Gasteiger partial charge < -0.3 is 20.1 Å². The zero-order valence-corrected chi connectivity index (χ0v) is 11.2. The molecule has 19 heavy (non-hydrogen) atoms. The number of carboxylic acids is 1. The van der Waals surface area contributed by atoms with Crippen LogP contribution in [0.25, 0.3) is 0 Å². The van der Waals surface area contributed by atoms with Crippen molar-refractivity contribution in [2.24, 2.45) is 5.92 Å². The number of hydrogen-bond acceptors (Lipinski definition) is 4. The minimum Gasteiger partial charge on any atom is -0.481 e. The molecule has 0 aromatic carbocycles. The van der Waals surface area contributed by atoms with Crippen LogP contribution in [0.4, 0.5) is 0 Å². The van der Waals surface area contributed by atoms with Gasteiger partial charge in [-0.1, -0.05) is 0 Å². The van der Waals surface area contributed by atoms with Crippen LogP contribution in [0.3, 0.4) is 0 Å². The largest absolute Gasteiger partial charge is 0.481 e. The van der Waals surface area contributed by atoms with Crippen molar-refractivity contribution < 1.29 is 24.2 Å². The van der Waals surface area contributed by atoms with Crippen molar-refractivity contribution in [3.05, 3.63) is 0 Å². The van der Waals surface area contributed by atoms with Crippen molar-refractivity contribution >= 4 is 17.8 Å². The van der Waals surface area contributed by atoms with Crippen molar-refractivity contribution in [3.63, 3.8) is 0 Å². The second-order valence-electron chi connectivity index (χ2n) is 4.74. The Hall–Kier alpha value is -1.63. The van der Waals surface area contributed by atoms with Crippen LogP contribution in [0.1, 0.15) is 19.8 Å². The highest BCUT2D eigenvalue weighted by molar-refractivity contribution is 5.89. The molecule has 2 amide bonds. The monoisotopic (exact) mass is 272 g/mol. The fourth-order valence-electron chi connectivity index (χ4n) is 2.04. The van der Waals surface area contributed by atoms with E-state index in [1.54, 1.807) is 18.9 Å². The van der Waals surface area contributed by atoms with Crippen LogP contribution >= 0.6 is 0 Å². The molecule has 1 rings (SSSR count). The Bertz CT molecular complexity index is 358. The summed E-state index contributed by atoms with van der Waals surface area (Å²) in [6.45, 7) is 2.92. The molecule has 1 heterocycles. The van der Waals surface area contributed by atoms with E-state index >= 15 is 0 Å². The predicted octanol–water partition coefficient (Wildman–Crippen LogP) is -0.539. The van der Waals surface area contributed by atoms with E-state index in [-0.39, 0.29) is 24.7 Å². The van der Waals surface area contributed by atoms with Crippen LogP contribution in [0.15, 0.2) is 0 Å². The number of aliphatic carboxylic acids is 1. The average molecular weight is 272 g/mol.